The lowest BCUT2D eigenvalue weighted by molar-refractivity contribution is -0.122. The molecule has 0 bridgehead atoms. The molecule has 0 aromatic heterocycles. The average molecular weight is 355 g/mol. The summed E-state index contributed by atoms with van der Waals surface area (Å²) in [7, 11) is 0. The van der Waals surface area contributed by atoms with Crippen molar-refractivity contribution in [1.82, 2.24) is 0 Å². The summed E-state index contributed by atoms with van der Waals surface area (Å²) in [5, 5.41) is 10.7. The molecule has 26 heavy (non-hydrogen) atoms. The van der Waals surface area contributed by atoms with Crippen LogP contribution in [0.25, 0.3) is 11.3 Å². The van der Waals surface area contributed by atoms with Crippen LogP contribution < -0.4 is 14.4 Å². The molecule has 2 aliphatic heterocycles. The second-order valence-electron chi connectivity index (χ2n) is 5.90. The van der Waals surface area contributed by atoms with Gasteiger partial charge in [0.2, 0.25) is 5.91 Å². The second-order valence-corrected chi connectivity index (χ2v) is 5.90. The molecule has 0 aliphatic carbocycles. The van der Waals surface area contributed by atoms with Crippen LogP contribution in [0.3, 0.4) is 0 Å². The number of anilines is 1. The Kier molecular flexibility index (Phi) is 3.64. The molecule has 0 radical (unpaired) electrons. The summed E-state index contributed by atoms with van der Waals surface area (Å²) in [6.45, 7) is 2.02. The van der Waals surface area contributed by atoms with Crippen molar-refractivity contribution in [3.05, 3.63) is 53.3 Å². The van der Waals surface area contributed by atoms with Crippen LogP contribution in [0.15, 0.2) is 36.4 Å². The molecular weight excluding hydrogens is 341 g/mol. The van der Waals surface area contributed by atoms with Crippen LogP contribution in [-0.2, 0) is 9.59 Å². The highest BCUT2D eigenvalue weighted by Gasteiger charge is 2.38. The molecule has 7 heteroatoms. The summed E-state index contributed by atoms with van der Waals surface area (Å²) in [4.78, 5) is 25.4. The van der Waals surface area contributed by atoms with Crippen molar-refractivity contribution < 1.29 is 28.6 Å². The third-order valence-corrected chi connectivity index (χ3v) is 4.25. The van der Waals surface area contributed by atoms with Gasteiger partial charge >= 0.3 is 0 Å². The maximum absolute atomic E-state index is 13.6. The molecule has 2 aromatic carbocycles. The van der Waals surface area contributed by atoms with Gasteiger partial charge in [-0.05, 0) is 36.4 Å². The van der Waals surface area contributed by atoms with E-state index in [1.54, 1.807) is 18.2 Å². The topological polar surface area (TPSA) is 76.1 Å². The Labute approximate surface area is 148 Å². The summed E-state index contributed by atoms with van der Waals surface area (Å²) < 4.78 is 24.5. The number of aliphatic hydroxyl groups is 1. The number of ether oxygens (including phenoxy) is 2. The van der Waals surface area contributed by atoms with Crippen molar-refractivity contribution in [2.75, 3.05) is 18.1 Å². The van der Waals surface area contributed by atoms with Crippen LogP contribution in [-0.4, -0.2) is 30.1 Å². The van der Waals surface area contributed by atoms with E-state index in [1.165, 1.54) is 19.1 Å². The molecule has 2 heterocycles. The molecule has 2 amide bonds. The summed E-state index contributed by atoms with van der Waals surface area (Å²) in [5.41, 5.74) is 0.672. The number of rotatable bonds is 1. The van der Waals surface area contributed by atoms with Gasteiger partial charge in [0.15, 0.2) is 11.5 Å². The first-order chi connectivity index (χ1) is 12.5. The predicted octanol–water partition coefficient (Wildman–Crippen LogP) is 2.92. The molecule has 2 aromatic rings. The molecule has 0 spiro atoms. The highest BCUT2D eigenvalue weighted by molar-refractivity contribution is 6.42. The molecule has 6 nitrogen and oxygen atoms in total. The number of imide groups is 1. The van der Waals surface area contributed by atoms with Gasteiger partial charge in [-0.2, -0.15) is 0 Å². The Bertz CT molecular complexity index is 982. The lowest BCUT2D eigenvalue weighted by atomic mass is 10.0. The summed E-state index contributed by atoms with van der Waals surface area (Å²) in [6.07, 6.45) is 0. The molecule has 0 saturated carbocycles. The van der Waals surface area contributed by atoms with Crippen LogP contribution in [0.1, 0.15) is 18.1 Å². The van der Waals surface area contributed by atoms with Crippen LogP contribution in [0.5, 0.6) is 11.5 Å². The smallest absolute Gasteiger partial charge is 0.269 e. The number of benzene rings is 2. The number of fused-ring (bicyclic) bond motifs is 2. The average Bonchev–Trinajstić information content (AvgIpc) is 2.91. The van der Waals surface area contributed by atoms with Gasteiger partial charge in [0.1, 0.15) is 24.8 Å². The zero-order valence-corrected chi connectivity index (χ0v) is 13.8. The van der Waals surface area contributed by atoms with Crippen LogP contribution in [0.4, 0.5) is 10.1 Å². The molecule has 0 atom stereocenters. The fraction of sp³-hybridized carbons (Fsp3) is 0.158. The largest absolute Gasteiger partial charge is 0.506 e. The van der Waals surface area contributed by atoms with Gasteiger partial charge in [0.05, 0.1) is 11.3 Å². The number of aliphatic hydroxyl groups excluding tert-OH is 1. The standard InChI is InChI=1S/C19H14FNO5/c1-10(22)21-14-9-12(20)3-4-13(14)17(19(21)24)18(23)11-2-5-15-16(8-11)26-7-6-25-15/h2-5,8-9,23H,6-7H2,1H3. The maximum Gasteiger partial charge on any atom is 0.269 e. The monoisotopic (exact) mass is 355 g/mol. The highest BCUT2D eigenvalue weighted by Crippen LogP contribution is 2.42. The summed E-state index contributed by atoms with van der Waals surface area (Å²) >= 11 is 0. The fourth-order valence-electron chi connectivity index (χ4n) is 3.11. The van der Waals surface area contributed by atoms with Crippen LogP contribution in [0, 0.1) is 5.82 Å². The Balaban J connectivity index is 1.88. The fourth-order valence-corrected chi connectivity index (χ4v) is 3.11. The van der Waals surface area contributed by atoms with E-state index in [9.17, 15) is 19.1 Å². The molecule has 0 unspecified atom stereocenters. The Hall–Kier alpha value is -3.35. The van der Waals surface area contributed by atoms with Crippen molar-refractivity contribution >= 4 is 28.8 Å². The third kappa shape index (κ3) is 2.40. The van der Waals surface area contributed by atoms with Crippen molar-refractivity contribution in [3.8, 4) is 11.5 Å². The summed E-state index contributed by atoms with van der Waals surface area (Å²) in [6, 6.07) is 8.42. The number of nitrogens with zero attached hydrogens (tertiary/aromatic N) is 1. The lowest BCUT2D eigenvalue weighted by Crippen LogP contribution is -2.31. The second kappa shape index (κ2) is 5.87. The molecule has 4 rings (SSSR count). The van der Waals surface area contributed by atoms with Gasteiger partial charge < -0.3 is 14.6 Å². The van der Waals surface area contributed by atoms with Crippen molar-refractivity contribution in [2.24, 2.45) is 0 Å². The number of halogens is 1. The van der Waals surface area contributed by atoms with Crippen LogP contribution >= 0.6 is 0 Å². The van der Waals surface area contributed by atoms with E-state index in [1.807, 2.05) is 0 Å². The molecule has 1 N–H and O–H groups in total. The minimum atomic E-state index is -0.703. The van der Waals surface area contributed by atoms with Gasteiger partial charge in [-0.3, -0.25) is 9.59 Å². The van der Waals surface area contributed by atoms with E-state index in [0.29, 0.717) is 35.8 Å². The quantitative estimate of drug-likeness (QED) is 0.629. The highest BCUT2D eigenvalue weighted by atomic mass is 19.1. The Morgan fingerprint density at radius 2 is 1.85 bits per heavy atom. The molecule has 2 aliphatic rings. The number of amides is 2. The normalized spacial score (nSPS) is 17.2. The van der Waals surface area contributed by atoms with E-state index in [-0.39, 0.29) is 17.0 Å². The van der Waals surface area contributed by atoms with Gasteiger partial charge in [-0.1, -0.05) is 0 Å². The number of hydrogen-bond donors (Lipinski definition) is 1. The number of hydrogen-bond acceptors (Lipinski definition) is 5. The van der Waals surface area contributed by atoms with E-state index < -0.39 is 17.6 Å². The Morgan fingerprint density at radius 1 is 1.12 bits per heavy atom. The van der Waals surface area contributed by atoms with Crippen LogP contribution in [0.2, 0.25) is 0 Å². The molecular formula is C19H14FNO5. The zero-order valence-electron chi connectivity index (χ0n) is 13.8. The molecule has 0 saturated heterocycles. The molecule has 132 valence electrons. The van der Waals surface area contributed by atoms with Crippen molar-refractivity contribution in [3.63, 3.8) is 0 Å². The van der Waals surface area contributed by atoms with E-state index >= 15 is 0 Å². The van der Waals surface area contributed by atoms with Gasteiger partial charge in [-0.25, -0.2) is 9.29 Å². The zero-order chi connectivity index (χ0) is 18.4. The Morgan fingerprint density at radius 3 is 2.58 bits per heavy atom. The minimum Gasteiger partial charge on any atom is -0.506 e. The van der Waals surface area contributed by atoms with Gasteiger partial charge in [0.25, 0.3) is 5.91 Å². The van der Waals surface area contributed by atoms with E-state index in [2.05, 4.69) is 0 Å². The first-order valence-electron chi connectivity index (χ1n) is 7.95. The summed E-state index contributed by atoms with van der Waals surface area (Å²) in [5.74, 6) is -1.17. The lowest BCUT2D eigenvalue weighted by Gasteiger charge is -2.19. The van der Waals surface area contributed by atoms with E-state index in [0.717, 1.165) is 11.0 Å². The minimum absolute atomic E-state index is 0.0631. The predicted molar refractivity (Wildman–Crippen MR) is 91.4 cm³/mol. The maximum atomic E-state index is 13.6. The number of carbonyl (C=O) groups excluding carboxylic acids is 2. The van der Waals surface area contributed by atoms with Gasteiger partial charge in [-0.15, -0.1) is 0 Å². The molecule has 0 fully saturated rings. The van der Waals surface area contributed by atoms with E-state index in [4.69, 9.17) is 9.47 Å². The SMILES string of the molecule is CC(=O)N1C(=O)C(=C(O)c2ccc3c(c2)OCCO3)c2ccc(F)cc21. The third-order valence-electron chi connectivity index (χ3n) is 4.25. The van der Waals surface area contributed by atoms with Crippen molar-refractivity contribution in [2.45, 2.75) is 6.92 Å². The first kappa shape index (κ1) is 16.1. The van der Waals surface area contributed by atoms with Gasteiger partial charge in [0, 0.05) is 18.1 Å². The van der Waals surface area contributed by atoms with Crippen molar-refractivity contribution in [1.29, 1.82) is 0 Å². The first-order valence-corrected chi connectivity index (χ1v) is 7.95. The number of carbonyl (C=O) groups is 2.